The summed E-state index contributed by atoms with van der Waals surface area (Å²) in [5.74, 6) is 0.302. The van der Waals surface area contributed by atoms with Gasteiger partial charge in [-0.15, -0.1) is 13.2 Å². The summed E-state index contributed by atoms with van der Waals surface area (Å²) in [6, 6.07) is 4.16. The van der Waals surface area contributed by atoms with Crippen molar-refractivity contribution in [2.45, 2.75) is 19.3 Å². The minimum absolute atomic E-state index is 0.0261. The Morgan fingerprint density at radius 2 is 2.16 bits per heavy atom. The van der Waals surface area contributed by atoms with Crippen LogP contribution in [0.2, 0.25) is 0 Å². The molecule has 0 spiro atoms. The number of nitrogens with one attached hydrogen (secondary N) is 2. The molecule has 1 atom stereocenters. The minimum atomic E-state index is -4.82. The van der Waals surface area contributed by atoms with E-state index in [9.17, 15) is 18.0 Å². The number of rotatable bonds is 7. The highest BCUT2D eigenvalue weighted by Gasteiger charge is 2.32. The molecule has 2 heterocycles. The summed E-state index contributed by atoms with van der Waals surface area (Å²) < 4.78 is 42.6. The van der Waals surface area contributed by atoms with E-state index in [0.29, 0.717) is 24.1 Å². The van der Waals surface area contributed by atoms with Crippen LogP contribution in [-0.4, -0.2) is 52.1 Å². The van der Waals surface area contributed by atoms with Gasteiger partial charge in [-0.05, 0) is 30.5 Å². The van der Waals surface area contributed by atoms with Crippen molar-refractivity contribution in [2.24, 2.45) is 5.92 Å². The lowest BCUT2D eigenvalue weighted by molar-refractivity contribution is -0.274. The van der Waals surface area contributed by atoms with Crippen LogP contribution < -0.4 is 21.1 Å². The molecule has 9 nitrogen and oxygen atoms in total. The molecular formula is C18H20BrF3N6O3. The fourth-order valence-electron chi connectivity index (χ4n) is 3.12. The van der Waals surface area contributed by atoms with Gasteiger partial charge < -0.3 is 31.1 Å². The number of hydrogen-bond acceptors (Lipinski definition) is 7. The molecule has 1 aromatic carbocycles. The van der Waals surface area contributed by atoms with E-state index in [1.807, 2.05) is 0 Å². The quantitative estimate of drug-likeness (QED) is 0.449. The molecule has 1 aliphatic heterocycles. The lowest BCUT2D eigenvalue weighted by Crippen LogP contribution is -2.28. The molecule has 1 unspecified atom stereocenters. The van der Waals surface area contributed by atoms with E-state index in [1.165, 1.54) is 29.3 Å². The maximum absolute atomic E-state index is 12.6. The third-order valence-corrected chi connectivity index (χ3v) is 5.11. The van der Waals surface area contributed by atoms with Gasteiger partial charge in [-0.25, -0.2) is 9.78 Å². The first kappa shape index (κ1) is 22.7. The van der Waals surface area contributed by atoms with Gasteiger partial charge in [0.15, 0.2) is 5.82 Å². The third kappa shape index (κ3) is 6.51. The molecule has 0 bridgehead atoms. The molecule has 1 aliphatic rings. The van der Waals surface area contributed by atoms with Gasteiger partial charge >= 0.3 is 12.5 Å². The number of carboxylic acid groups (broad SMARTS) is 1. The lowest BCUT2D eigenvalue weighted by atomic mass is 10.1. The van der Waals surface area contributed by atoms with Crippen LogP contribution in [-0.2, 0) is 6.54 Å². The first-order valence-electron chi connectivity index (χ1n) is 9.23. The van der Waals surface area contributed by atoms with Crippen molar-refractivity contribution in [3.05, 3.63) is 34.4 Å². The lowest BCUT2D eigenvalue weighted by Gasteiger charge is -2.16. The van der Waals surface area contributed by atoms with Crippen molar-refractivity contribution in [1.29, 1.82) is 0 Å². The highest BCUT2D eigenvalue weighted by atomic mass is 79.9. The average molecular weight is 505 g/mol. The van der Waals surface area contributed by atoms with E-state index in [-0.39, 0.29) is 41.2 Å². The number of likely N-dealkylation sites (tertiary alicyclic amines) is 1. The van der Waals surface area contributed by atoms with Crippen LogP contribution in [0.15, 0.2) is 28.9 Å². The number of nitrogens with zero attached hydrogens (tertiary/aromatic N) is 3. The molecule has 0 saturated carbocycles. The van der Waals surface area contributed by atoms with Gasteiger partial charge in [0, 0.05) is 36.2 Å². The van der Waals surface area contributed by atoms with Gasteiger partial charge in [0.1, 0.15) is 5.75 Å². The number of nitrogens with two attached hydrogens (primary N) is 1. The van der Waals surface area contributed by atoms with Crippen LogP contribution in [0.4, 0.5) is 35.4 Å². The summed E-state index contributed by atoms with van der Waals surface area (Å²) >= 11 is 3.23. The Balaban J connectivity index is 1.64. The topological polar surface area (TPSA) is 126 Å². The summed E-state index contributed by atoms with van der Waals surface area (Å²) in [7, 11) is 0. The van der Waals surface area contributed by atoms with Crippen molar-refractivity contribution in [3.8, 4) is 5.75 Å². The van der Waals surface area contributed by atoms with Crippen molar-refractivity contribution < 1.29 is 27.8 Å². The fraction of sp³-hybridized carbons (Fsp3) is 0.389. The Morgan fingerprint density at radius 3 is 2.84 bits per heavy atom. The number of halogens is 4. The second kappa shape index (κ2) is 9.45. The normalized spacial score (nSPS) is 16.3. The number of hydrogen-bond donors (Lipinski definition) is 4. The largest absolute Gasteiger partial charge is 0.573 e. The molecule has 1 amide bonds. The van der Waals surface area contributed by atoms with Gasteiger partial charge in [-0.1, -0.05) is 15.9 Å². The SMILES string of the molecule is Nc1cnc(NCC2CCN(C(=O)O)C2)nc1NCc1cc(Br)ccc1OC(F)(F)F. The standard InChI is InChI=1S/C18H20BrF3N6O3/c19-12-1-2-14(31-18(20,21)22)11(5-12)7-24-15-13(23)8-26-16(27-15)25-6-10-3-4-28(9-10)17(29)30/h1-2,5,8,10H,3-4,6-7,9,23H2,(H,29,30)(H2,24,25,26,27). The van der Waals surface area contributed by atoms with Crippen LogP contribution in [0.5, 0.6) is 5.75 Å². The number of anilines is 3. The predicted molar refractivity (Wildman–Crippen MR) is 111 cm³/mol. The van der Waals surface area contributed by atoms with Crippen LogP contribution in [0.1, 0.15) is 12.0 Å². The highest BCUT2D eigenvalue weighted by Crippen LogP contribution is 2.30. The van der Waals surface area contributed by atoms with Gasteiger partial charge in [0.2, 0.25) is 5.95 Å². The summed E-state index contributed by atoms with van der Waals surface area (Å²) in [4.78, 5) is 20.7. The number of ether oxygens (including phenoxy) is 1. The molecule has 31 heavy (non-hydrogen) atoms. The molecule has 5 N–H and O–H groups in total. The van der Waals surface area contributed by atoms with Gasteiger partial charge in [0.25, 0.3) is 0 Å². The molecular weight excluding hydrogens is 485 g/mol. The van der Waals surface area contributed by atoms with Crippen LogP contribution in [0, 0.1) is 5.92 Å². The zero-order valence-electron chi connectivity index (χ0n) is 16.1. The van der Waals surface area contributed by atoms with Crippen LogP contribution in [0.3, 0.4) is 0 Å². The summed E-state index contributed by atoms with van der Waals surface area (Å²) in [6.45, 7) is 1.35. The Hall–Kier alpha value is -2.96. The average Bonchev–Trinajstić information content (AvgIpc) is 3.16. The van der Waals surface area contributed by atoms with E-state index < -0.39 is 12.5 Å². The molecule has 1 saturated heterocycles. The second-order valence-electron chi connectivity index (χ2n) is 6.92. The van der Waals surface area contributed by atoms with E-state index in [2.05, 4.69) is 41.3 Å². The smallest absolute Gasteiger partial charge is 0.465 e. The molecule has 0 radical (unpaired) electrons. The first-order chi connectivity index (χ1) is 14.6. The van der Waals surface area contributed by atoms with Gasteiger partial charge in [-0.3, -0.25) is 0 Å². The van der Waals surface area contributed by atoms with E-state index >= 15 is 0 Å². The summed E-state index contributed by atoms with van der Waals surface area (Å²) in [5, 5.41) is 15.0. The molecule has 1 fully saturated rings. The number of nitrogen functional groups attached to an aromatic ring is 1. The van der Waals surface area contributed by atoms with E-state index in [0.717, 1.165) is 6.42 Å². The Bertz CT molecular complexity index is 946. The van der Waals surface area contributed by atoms with Crippen molar-refractivity contribution in [1.82, 2.24) is 14.9 Å². The minimum Gasteiger partial charge on any atom is -0.465 e. The highest BCUT2D eigenvalue weighted by molar-refractivity contribution is 9.10. The molecule has 0 aliphatic carbocycles. The fourth-order valence-corrected chi connectivity index (χ4v) is 3.52. The zero-order valence-corrected chi connectivity index (χ0v) is 17.7. The Kier molecular flexibility index (Phi) is 6.93. The number of alkyl halides is 3. The Morgan fingerprint density at radius 1 is 1.39 bits per heavy atom. The maximum atomic E-state index is 12.6. The second-order valence-corrected chi connectivity index (χ2v) is 7.83. The van der Waals surface area contributed by atoms with E-state index in [1.54, 1.807) is 0 Å². The summed E-state index contributed by atoms with van der Waals surface area (Å²) in [6.07, 6.45) is -3.66. The van der Waals surface area contributed by atoms with E-state index in [4.69, 9.17) is 10.8 Å². The molecule has 1 aromatic heterocycles. The number of carbonyl (C=O) groups is 1. The first-order valence-corrected chi connectivity index (χ1v) is 10.0. The number of aromatic nitrogens is 2. The zero-order chi connectivity index (χ0) is 22.6. The van der Waals surface area contributed by atoms with Crippen molar-refractivity contribution >= 4 is 39.5 Å². The predicted octanol–water partition coefficient (Wildman–Crippen LogP) is 3.74. The van der Waals surface area contributed by atoms with Crippen LogP contribution >= 0.6 is 15.9 Å². The summed E-state index contributed by atoms with van der Waals surface area (Å²) in [5.41, 5.74) is 6.35. The van der Waals surface area contributed by atoms with Gasteiger partial charge in [0.05, 0.1) is 11.9 Å². The number of benzene rings is 1. The molecule has 168 valence electrons. The van der Waals surface area contributed by atoms with Crippen molar-refractivity contribution in [2.75, 3.05) is 36.0 Å². The maximum Gasteiger partial charge on any atom is 0.573 e. The van der Waals surface area contributed by atoms with Crippen molar-refractivity contribution in [3.63, 3.8) is 0 Å². The molecule has 3 rings (SSSR count). The third-order valence-electron chi connectivity index (χ3n) is 4.62. The number of amides is 1. The van der Waals surface area contributed by atoms with Crippen LogP contribution in [0.25, 0.3) is 0 Å². The van der Waals surface area contributed by atoms with Gasteiger partial charge in [-0.2, -0.15) is 4.98 Å². The molecule has 13 heteroatoms. The molecule has 2 aromatic rings. The monoisotopic (exact) mass is 504 g/mol. The Labute approximate surface area is 183 Å².